The smallest absolute Gasteiger partial charge is 0.425 e. The van der Waals surface area contributed by atoms with Crippen molar-refractivity contribution in [1.82, 2.24) is 20.7 Å². The number of benzene rings is 2. The van der Waals surface area contributed by atoms with Crippen LogP contribution in [0, 0.1) is 5.41 Å². The Bertz CT molecular complexity index is 1330. The Labute approximate surface area is 239 Å². The summed E-state index contributed by atoms with van der Waals surface area (Å²) in [6, 6.07) is 20.7. The Kier molecular flexibility index (Phi) is 11.1. The highest BCUT2D eigenvalue weighted by Crippen LogP contribution is 2.24. The third-order valence-corrected chi connectivity index (χ3v) is 5.99. The van der Waals surface area contributed by atoms with E-state index in [1.807, 2.05) is 69.3 Å². The molecule has 0 aliphatic heterocycles. The van der Waals surface area contributed by atoms with Crippen LogP contribution < -0.4 is 10.7 Å². The standard InChI is InChI=1S/C31H36N4O6/c1-31(2,3)18-27(29(38)39)35(30(40)41-21-22-10-5-4-6-11-22)34-20-25(36)19-33-28(37)17-23-12-9-13-24(16-23)26-14-7-8-15-32-26/h4-16,27,34H,17-21H2,1-3H3,(H,33,37)(H,38,39)/t27-/m0/s1. The molecule has 0 fully saturated rings. The van der Waals surface area contributed by atoms with Crippen molar-refractivity contribution in [1.29, 1.82) is 0 Å². The van der Waals surface area contributed by atoms with E-state index < -0.39 is 29.3 Å². The number of aliphatic carboxylic acids is 1. The number of carboxylic acid groups (broad SMARTS) is 1. The van der Waals surface area contributed by atoms with E-state index in [9.17, 15) is 24.3 Å². The zero-order valence-electron chi connectivity index (χ0n) is 23.5. The number of hydrazine groups is 1. The highest BCUT2D eigenvalue weighted by Gasteiger charge is 2.35. The number of Topliss-reactive ketones (excluding diaryl/α,β-unsaturated/α-hetero) is 1. The number of ketones is 1. The van der Waals surface area contributed by atoms with E-state index in [0.29, 0.717) is 0 Å². The first-order chi connectivity index (χ1) is 19.5. The Hall–Kier alpha value is -4.57. The number of carboxylic acids is 1. The minimum atomic E-state index is -1.29. The molecule has 2 aromatic carbocycles. The first kappa shape index (κ1) is 31.0. The number of aromatic nitrogens is 1. The van der Waals surface area contributed by atoms with Crippen LogP contribution in [0.2, 0.25) is 0 Å². The number of pyridine rings is 1. The van der Waals surface area contributed by atoms with Gasteiger partial charge in [0.05, 0.1) is 25.2 Å². The maximum atomic E-state index is 13.0. The summed E-state index contributed by atoms with van der Waals surface area (Å²) in [4.78, 5) is 54.5. The molecule has 0 aliphatic rings. The second kappa shape index (κ2) is 14.7. The SMILES string of the molecule is CC(C)(C)C[C@@H](C(=O)O)N(NCC(=O)CNC(=O)Cc1cccc(-c2ccccn2)c1)C(=O)OCc1ccccc1. The van der Waals surface area contributed by atoms with Gasteiger partial charge in [0.1, 0.15) is 12.6 Å². The molecule has 3 aromatic rings. The van der Waals surface area contributed by atoms with Crippen molar-refractivity contribution in [3.05, 3.63) is 90.1 Å². The fraction of sp³-hybridized carbons (Fsp3) is 0.323. The predicted molar refractivity (Wildman–Crippen MR) is 153 cm³/mol. The molecule has 10 heteroatoms. The van der Waals surface area contributed by atoms with Crippen LogP contribution in [0.5, 0.6) is 0 Å². The Morgan fingerprint density at radius 1 is 0.927 bits per heavy atom. The van der Waals surface area contributed by atoms with Crippen LogP contribution in [0.15, 0.2) is 79.0 Å². The molecule has 0 radical (unpaired) electrons. The van der Waals surface area contributed by atoms with Gasteiger partial charge in [-0.1, -0.05) is 75.4 Å². The van der Waals surface area contributed by atoms with E-state index in [1.165, 1.54) is 0 Å². The second-order valence-electron chi connectivity index (χ2n) is 10.8. The monoisotopic (exact) mass is 560 g/mol. The van der Waals surface area contributed by atoms with Crippen molar-refractivity contribution in [2.24, 2.45) is 5.41 Å². The number of ether oxygens (including phenoxy) is 1. The van der Waals surface area contributed by atoms with E-state index in [1.54, 1.807) is 30.5 Å². The summed E-state index contributed by atoms with van der Waals surface area (Å²) in [5.41, 5.74) is 5.34. The first-order valence-corrected chi connectivity index (χ1v) is 13.3. The summed E-state index contributed by atoms with van der Waals surface area (Å²) in [5, 5.41) is 13.3. The molecule has 1 heterocycles. The van der Waals surface area contributed by atoms with Gasteiger partial charge in [-0.05, 0) is 41.2 Å². The molecule has 216 valence electrons. The summed E-state index contributed by atoms with van der Waals surface area (Å²) in [7, 11) is 0. The van der Waals surface area contributed by atoms with E-state index in [4.69, 9.17) is 4.74 Å². The van der Waals surface area contributed by atoms with Crippen LogP contribution in [0.3, 0.4) is 0 Å². The highest BCUT2D eigenvalue weighted by molar-refractivity contribution is 5.88. The van der Waals surface area contributed by atoms with Crippen LogP contribution in [0.1, 0.15) is 38.3 Å². The molecular weight excluding hydrogens is 524 g/mol. The van der Waals surface area contributed by atoms with Crippen LogP contribution in [-0.2, 0) is 32.1 Å². The molecule has 3 rings (SSSR count). The number of nitrogens with zero attached hydrogens (tertiary/aromatic N) is 2. The zero-order chi connectivity index (χ0) is 29.8. The third-order valence-electron chi connectivity index (χ3n) is 5.99. The van der Waals surface area contributed by atoms with Gasteiger partial charge in [0.15, 0.2) is 5.78 Å². The van der Waals surface area contributed by atoms with Gasteiger partial charge < -0.3 is 15.2 Å². The van der Waals surface area contributed by atoms with Crippen molar-refractivity contribution in [2.75, 3.05) is 13.1 Å². The van der Waals surface area contributed by atoms with Crippen molar-refractivity contribution >= 4 is 23.8 Å². The average molecular weight is 561 g/mol. The van der Waals surface area contributed by atoms with Gasteiger partial charge in [-0.15, -0.1) is 0 Å². The van der Waals surface area contributed by atoms with Crippen LogP contribution in [-0.4, -0.2) is 58.0 Å². The molecule has 0 saturated carbocycles. The molecule has 0 spiro atoms. The van der Waals surface area contributed by atoms with Crippen molar-refractivity contribution < 1.29 is 29.0 Å². The third kappa shape index (κ3) is 10.5. The molecule has 1 aromatic heterocycles. The van der Waals surface area contributed by atoms with Gasteiger partial charge in [-0.25, -0.2) is 20.0 Å². The second-order valence-corrected chi connectivity index (χ2v) is 10.8. The van der Waals surface area contributed by atoms with E-state index >= 15 is 0 Å². The summed E-state index contributed by atoms with van der Waals surface area (Å²) >= 11 is 0. The lowest BCUT2D eigenvalue weighted by Crippen LogP contribution is -2.55. The molecule has 3 N–H and O–H groups in total. The molecule has 2 amide bonds. The van der Waals surface area contributed by atoms with Crippen molar-refractivity contribution in [3.8, 4) is 11.3 Å². The number of nitrogens with one attached hydrogen (secondary N) is 2. The normalized spacial score (nSPS) is 11.8. The molecule has 0 unspecified atom stereocenters. The summed E-state index contributed by atoms with van der Waals surface area (Å²) in [6.07, 6.45) is 0.944. The molecule has 10 nitrogen and oxygen atoms in total. The van der Waals surface area contributed by atoms with Crippen LogP contribution in [0.4, 0.5) is 4.79 Å². The average Bonchev–Trinajstić information content (AvgIpc) is 2.95. The van der Waals surface area contributed by atoms with Crippen LogP contribution >= 0.6 is 0 Å². The lowest BCUT2D eigenvalue weighted by molar-refractivity contribution is -0.145. The Balaban J connectivity index is 1.58. The maximum Gasteiger partial charge on any atom is 0.425 e. The van der Waals surface area contributed by atoms with Crippen LogP contribution in [0.25, 0.3) is 11.3 Å². The van der Waals surface area contributed by atoms with Crippen molar-refractivity contribution in [2.45, 2.75) is 46.3 Å². The summed E-state index contributed by atoms with van der Waals surface area (Å²) in [5.74, 6) is -2.04. The Morgan fingerprint density at radius 2 is 1.63 bits per heavy atom. The predicted octanol–water partition coefficient (Wildman–Crippen LogP) is 4.01. The summed E-state index contributed by atoms with van der Waals surface area (Å²) in [6.45, 7) is 4.81. The number of hydrogen-bond donors (Lipinski definition) is 3. The lowest BCUT2D eigenvalue weighted by atomic mass is 9.88. The number of carbonyl (C=O) groups is 4. The highest BCUT2D eigenvalue weighted by atomic mass is 16.6. The zero-order valence-corrected chi connectivity index (χ0v) is 23.5. The van der Waals surface area contributed by atoms with Gasteiger partial charge in [-0.3, -0.25) is 14.6 Å². The summed E-state index contributed by atoms with van der Waals surface area (Å²) < 4.78 is 5.35. The van der Waals surface area contributed by atoms with Gasteiger partial charge in [0.2, 0.25) is 5.91 Å². The molecule has 41 heavy (non-hydrogen) atoms. The molecule has 0 aliphatic carbocycles. The first-order valence-electron chi connectivity index (χ1n) is 13.3. The molecule has 1 atom stereocenters. The number of carbonyl (C=O) groups excluding carboxylic acids is 3. The van der Waals surface area contributed by atoms with E-state index in [-0.39, 0.29) is 38.4 Å². The molecule has 0 saturated heterocycles. The number of rotatable bonds is 13. The lowest BCUT2D eigenvalue weighted by Gasteiger charge is -2.32. The minimum absolute atomic E-state index is 0.0615. The topological polar surface area (TPSA) is 138 Å². The van der Waals surface area contributed by atoms with E-state index in [2.05, 4.69) is 15.7 Å². The maximum absolute atomic E-state index is 13.0. The fourth-order valence-corrected chi connectivity index (χ4v) is 4.01. The number of amides is 2. The largest absolute Gasteiger partial charge is 0.480 e. The molecular formula is C31H36N4O6. The number of hydrogen-bond acceptors (Lipinski definition) is 7. The fourth-order valence-electron chi connectivity index (χ4n) is 4.01. The van der Waals surface area contributed by atoms with Gasteiger partial charge >= 0.3 is 12.1 Å². The minimum Gasteiger partial charge on any atom is -0.480 e. The van der Waals surface area contributed by atoms with Crippen molar-refractivity contribution in [3.63, 3.8) is 0 Å². The van der Waals surface area contributed by atoms with Gasteiger partial charge in [-0.2, -0.15) is 0 Å². The van der Waals surface area contributed by atoms with Gasteiger partial charge in [0, 0.05) is 11.8 Å². The molecule has 0 bridgehead atoms. The quantitative estimate of drug-likeness (QED) is 0.267. The van der Waals surface area contributed by atoms with E-state index in [0.717, 1.165) is 27.4 Å². The van der Waals surface area contributed by atoms with Gasteiger partial charge in [0.25, 0.3) is 0 Å². The Morgan fingerprint density at radius 3 is 2.29 bits per heavy atom.